The standard InChI is InChI=1S/C56H106NO7P/c1-6-8-10-12-14-16-18-20-22-24-25-26-27-28-29-30-31-32-34-36-38-40-42-44-46-48-51-61-53-55(54-63-65(59,60)62-52-50-57(3,4)5)64-56(58)49-47-45-43-41-39-37-35-33-23-21-19-17-15-13-11-9-7-2/h9,11,15,17,21,23-25,55H,6-8,10,12-14,16,18-20,22,26-54H2,1-5H3/p+1/b11-9-,17-15-,23-21-,25-24-. The molecule has 2 atom stereocenters. The highest BCUT2D eigenvalue weighted by atomic mass is 31.2. The quantitative estimate of drug-likeness (QED) is 0.0214. The van der Waals surface area contributed by atoms with Crippen molar-refractivity contribution in [2.24, 2.45) is 0 Å². The van der Waals surface area contributed by atoms with Gasteiger partial charge in [-0.3, -0.25) is 13.8 Å². The number of unbranched alkanes of at least 4 members (excludes halogenated alkanes) is 29. The van der Waals surface area contributed by atoms with E-state index in [1.807, 2.05) is 21.1 Å². The maximum atomic E-state index is 12.8. The second-order valence-electron chi connectivity index (χ2n) is 19.6. The second-order valence-corrected chi connectivity index (χ2v) is 21.0. The van der Waals surface area contributed by atoms with E-state index >= 15 is 0 Å². The first-order valence-corrected chi connectivity index (χ1v) is 28.9. The van der Waals surface area contributed by atoms with Crippen LogP contribution in [0.2, 0.25) is 0 Å². The van der Waals surface area contributed by atoms with Gasteiger partial charge >= 0.3 is 13.8 Å². The third-order valence-corrected chi connectivity index (χ3v) is 12.9. The summed E-state index contributed by atoms with van der Waals surface area (Å²) >= 11 is 0. The minimum Gasteiger partial charge on any atom is -0.457 e. The molecular weight excluding hydrogens is 830 g/mol. The number of esters is 1. The summed E-state index contributed by atoms with van der Waals surface area (Å²) in [5, 5.41) is 0. The summed E-state index contributed by atoms with van der Waals surface area (Å²) in [5.41, 5.74) is 0. The fraction of sp³-hybridized carbons (Fsp3) is 0.839. The van der Waals surface area contributed by atoms with Gasteiger partial charge in [-0.15, -0.1) is 0 Å². The third kappa shape index (κ3) is 53.3. The largest absolute Gasteiger partial charge is 0.472 e. The molecule has 0 rings (SSSR count). The number of hydrogen-bond acceptors (Lipinski definition) is 6. The molecule has 0 aliphatic rings. The number of carbonyl (C=O) groups excluding carboxylic acids is 1. The van der Waals surface area contributed by atoms with Gasteiger partial charge in [-0.1, -0.05) is 217 Å². The van der Waals surface area contributed by atoms with E-state index in [4.69, 9.17) is 18.5 Å². The Morgan fingerprint density at radius 3 is 1.35 bits per heavy atom. The maximum absolute atomic E-state index is 12.8. The van der Waals surface area contributed by atoms with Crippen LogP contribution in [-0.4, -0.2) is 75.6 Å². The molecule has 0 radical (unpaired) electrons. The van der Waals surface area contributed by atoms with Crippen LogP contribution in [0.5, 0.6) is 0 Å². The summed E-state index contributed by atoms with van der Waals surface area (Å²) < 4.78 is 35.2. The molecule has 1 N–H and O–H groups in total. The lowest BCUT2D eigenvalue weighted by atomic mass is 10.0. The zero-order valence-corrected chi connectivity index (χ0v) is 44.4. The highest BCUT2D eigenvalue weighted by Gasteiger charge is 2.26. The molecule has 8 nitrogen and oxygen atoms in total. The Hall–Kier alpha value is -1.54. The van der Waals surface area contributed by atoms with Crippen molar-refractivity contribution < 1.29 is 37.3 Å². The van der Waals surface area contributed by atoms with E-state index in [1.165, 1.54) is 167 Å². The fourth-order valence-corrected chi connectivity index (χ4v) is 8.42. The average molecular weight is 937 g/mol. The van der Waals surface area contributed by atoms with Crippen LogP contribution in [-0.2, 0) is 27.9 Å². The van der Waals surface area contributed by atoms with Crippen molar-refractivity contribution in [2.75, 3.05) is 54.1 Å². The highest BCUT2D eigenvalue weighted by molar-refractivity contribution is 7.47. The predicted molar refractivity (Wildman–Crippen MR) is 279 cm³/mol. The van der Waals surface area contributed by atoms with Crippen LogP contribution in [0, 0.1) is 0 Å². The minimum absolute atomic E-state index is 0.0861. The van der Waals surface area contributed by atoms with Crippen LogP contribution in [0.1, 0.15) is 245 Å². The van der Waals surface area contributed by atoms with E-state index in [0.29, 0.717) is 24.1 Å². The smallest absolute Gasteiger partial charge is 0.457 e. The number of rotatable bonds is 51. The summed E-state index contributed by atoms with van der Waals surface area (Å²) in [6, 6.07) is 0. The molecule has 382 valence electrons. The van der Waals surface area contributed by atoms with Crippen molar-refractivity contribution >= 4 is 13.8 Å². The Labute approximate surface area is 403 Å². The van der Waals surface area contributed by atoms with E-state index < -0.39 is 13.9 Å². The topological polar surface area (TPSA) is 91.3 Å². The lowest BCUT2D eigenvalue weighted by Crippen LogP contribution is -2.37. The van der Waals surface area contributed by atoms with Gasteiger partial charge in [-0.05, 0) is 70.6 Å². The Kier molecular flexibility index (Phi) is 47.7. The zero-order chi connectivity index (χ0) is 47.6. The van der Waals surface area contributed by atoms with E-state index in [1.54, 1.807) is 0 Å². The number of carbonyl (C=O) groups is 1. The van der Waals surface area contributed by atoms with Gasteiger partial charge in [0.25, 0.3) is 0 Å². The fourth-order valence-electron chi connectivity index (χ4n) is 7.68. The molecule has 0 bridgehead atoms. The molecule has 0 amide bonds. The van der Waals surface area contributed by atoms with Gasteiger partial charge in [0.1, 0.15) is 19.3 Å². The summed E-state index contributed by atoms with van der Waals surface area (Å²) in [7, 11) is 1.66. The summed E-state index contributed by atoms with van der Waals surface area (Å²) in [6.45, 7) is 5.53. The molecule has 0 aliphatic heterocycles. The highest BCUT2D eigenvalue weighted by Crippen LogP contribution is 2.43. The van der Waals surface area contributed by atoms with Crippen LogP contribution < -0.4 is 0 Å². The number of nitrogens with zero attached hydrogens (tertiary/aromatic N) is 1. The molecule has 9 heteroatoms. The van der Waals surface area contributed by atoms with Crippen molar-refractivity contribution in [3.05, 3.63) is 48.6 Å². The van der Waals surface area contributed by atoms with Crippen LogP contribution in [0.25, 0.3) is 0 Å². The first-order chi connectivity index (χ1) is 31.6. The Bertz CT molecular complexity index is 1180. The van der Waals surface area contributed by atoms with E-state index in [9.17, 15) is 14.3 Å². The van der Waals surface area contributed by atoms with Gasteiger partial charge < -0.3 is 18.9 Å². The molecule has 0 aliphatic carbocycles. The van der Waals surface area contributed by atoms with Gasteiger partial charge in [0, 0.05) is 13.0 Å². The van der Waals surface area contributed by atoms with Gasteiger partial charge in [-0.2, -0.15) is 0 Å². The van der Waals surface area contributed by atoms with Crippen molar-refractivity contribution in [3.8, 4) is 0 Å². The molecular formula is C56H107NO7P+. The Morgan fingerprint density at radius 1 is 0.492 bits per heavy atom. The van der Waals surface area contributed by atoms with E-state index in [0.717, 1.165) is 57.8 Å². The number of phosphoric ester groups is 1. The lowest BCUT2D eigenvalue weighted by Gasteiger charge is -2.24. The number of hydrogen-bond donors (Lipinski definition) is 1. The molecule has 0 aromatic rings. The van der Waals surface area contributed by atoms with E-state index in [-0.39, 0.29) is 25.8 Å². The Balaban J connectivity index is 4.05. The molecule has 0 spiro atoms. The molecule has 0 saturated carbocycles. The SMILES string of the molecule is CC/C=C\C/C=C\C/C=C\CCCCCCCCCC(=O)OC(COCCCCCCCCCCCCCCCC/C=C\CCCCCCCCCC)COP(=O)(O)OCC[N+](C)(C)C. The van der Waals surface area contributed by atoms with Gasteiger partial charge in [0.15, 0.2) is 0 Å². The third-order valence-electron chi connectivity index (χ3n) is 11.9. The first kappa shape index (κ1) is 63.5. The zero-order valence-electron chi connectivity index (χ0n) is 43.5. The second kappa shape index (κ2) is 48.9. The van der Waals surface area contributed by atoms with Crippen LogP contribution in [0.3, 0.4) is 0 Å². The number of ether oxygens (including phenoxy) is 2. The van der Waals surface area contributed by atoms with Crippen molar-refractivity contribution in [3.63, 3.8) is 0 Å². The summed E-state index contributed by atoms with van der Waals surface area (Å²) in [6.07, 6.45) is 61.7. The molecule has 2 unspecified atom stereocenters. The van der Waals surface area contributed by atoms with Crippen LogP contribution in [0.15, 0.2) is 48.6 Å². The number of phosphoric acid groups is 1. The number of quaternary nitrogens is 1. The van der Waals surface area contributed by atoms with Gasteiger partial charge in [0.05, 0.1) is 34.4 Å². The van der Waals surface area contributed by atoms with Crippen molar-refractivity contribution in [2.45, 2.75) is 251 Å². The number of likely N-dealkylation sites (N-methyl/N-ethyl adjacent to an activating group) is 1. The number of allylic oxidation sites excluding steroid dienone is 8. The Morgan fingerprint density at radius 2 is 0.892 bits per heavy atom. The molecule has 0 saturated heterocycles. The summed E-state index contributed by atoms with van der Waals surface area (Å²) in [4.78, 5) is 23.0. The molecule has 0 heterocycles. The lowest BCUT2D eigenvalue weighted by molar-refractivity contribution is -0.870. The van der Waals surface area contributed by atoms with Crippen molar-refractivity contribution in [1.29, 1.82) is 0 Å². The monoisotopic (exact) mass is 937 g/mol. The molecule has 65 heavy (non-hydrogen) atoms. The molecule has 0 aromatic heterocycles. The van der Waals surface area contributed by atoms with Gasteiger partial charge in [0.2, 0.25) is 0 Å². The van der Waals surface area contributed by atoms with Crippen LogP contribution in [0.4, 0.5) is 0 Å². The first-order valence-electron chi connectivity index (χ1n) is 27.4. The summed E-state index contributed by atoms with van der Waals surface area (Å²) in [5.74, 6) is -0.321. The van der Waals surface area contributed by atoms with E-state index in [2.05, 4.69) is 62.5 Å². The molecule has 0 fully saturated rings. The van der Waals surface area contributed by atoms with Crippen molar-refractivity contribution in [1.82, 2.24) is 0 Å². The maximum Gasteiger partial charge on any atom is 0.472 e. The average Bonchev–Trinajstić information content (AvgIpc) is 3.27. The normalized spacial score (nSPS) is 13.9. The minimum atomic E-state index is -4.28. The predicted octanol–water partition coefficient (Wildman–Crippen LogP) is 17.1. The van der Waals surface area contributed by atoms with Crippen LogP contribution >= 0.6 is 7.82 Å². The molecule has 0 aromatic carbocycles. The van der Waals surface area contributed by atoms with Gasteiger partial charge in [-0.25, -0.2) is 4.57 Å².